The van der Waals surface area contributed by atoms with Crippen molar-refractivity contribution in [3.05, 3.63) is 28.8 Å². The van der Waals surface area contributed by atoms with Crippen LogP contribution in [0.25, 0.3) is 0 Å². The summed E-state index contributed by atoms with van der Waals surface area (Å²) in [6, 6.07) is 3.45. The Morgan fingerprint density at radius 3 is 2.45 bits per heavy atom. The van der Waals surface area contributed by atoms with Gasteiger partial charge in [0.05, 0.1) is 11.5 Å². The molecule has 1 fully saturated rings. The van der Waals surface area contributed by atoms with Crippen molar-refractivity contribution in [3.8, 4) is 0 Å². The lowest BCUT2D eigenvalue weighted by molar-refractivity contribution is 0.281. The van der Waals surface area contributed by atoms with E-state index in [0.717, 1.165) is 24.0 Å². The molecule has 0 amide bonds. The summed E-state index contributed by atoms with van der Waals surface area (Å²) >= 11 is 0. The van der Waals surface area contributed by atoms with Gasteiger partial charge in [0.1, 0.15) is 0 Å². The van der Waals surface area contributed by atoms with Crippen LogP contribution >= 0.6 is 0 Å². The highest BCUT2D eigenvalue weighted by atomic mass is 32.2. The van der Waals surface area contributed by atoms with E-state index in [1.165, 1.54) is 4.31 Å². The molecule has 1 aliphatic carbocycles. The van der Waals surface area contributed by atoms with Crippen LogP contribution < -0.4 is 0 Å². The predicted molar refractivity (Wildman–Crippen MR) is 79.0 cm³/mol. The monoisotopic (exact) mass is 297 g/mol. The van der Waals surface area contributed by atoms with E-state index in [4.69, 9.17) is 0 Å². The summed E-state index contributed by atoms with van der Waals surface area (Å²) in [7, 11) is -1.86. The SMILES string of the molecule is Cc1cc(CO)cc(S(=O)(=O)N(C)C(C)C2CC2)c1C. The number of aliphatic hydroxyl groups excluding tert-OH is 1. The van der Waals surface area contributed by atoms with Gasteiger partial charge in [-0.05, 0) is 62.3 Å². The quantitative estimate of drug-likeness (QED) is 0.906. The highest BCUT2D eigenvalue weighted by Crippen LogP contribution is 2.37. The Labute approximate surface area is 121 Å². The summed E-state index contributed by atoms with van der Waals surface area (Å²) in [4.78, 5) is 0.316. The third kappa shape index (κ3) is 2.75. The molecule has 112 valence electrons. The highest BCUT2D eigenvalue weighted by Gasteiger charge is 2.36. The summed E-state index contributed by atoms with van der Waals surface area (Å²) in [6.07, 6.45) is 2.21. The van der Waals surface area contributed by atoms with Crippen LogP contribution in [0.5, 0.6) is 0 Å². The van der Waals surface area contributed by atoms with Gasteiger partial charge in [-0.25, -0.2) is 8.42 Å². The molecule has 0 aliphatic heterocycles. The fourth-order valence-corrected chi connectivity index (χ4v) is 4.28. The van der Waals surface area contributed by atoms with Crippen LogP contribution in [0.4, 0.5) is 0 Å². The highest BCUT2D eigenvalue weighted by molar-refractivity contribution is 7.89. The van der Waals surface area contributed by atoms with Gasteiger partial charge in [0.15, 0.2) is 0 Å². The predicted octanol–water partition coefficient (Wildman–Crippen LogP) is 2.21. The Morgan fingerprint density at radius 1 is 1.35 bits per heavy atom. The Kier molecular flexibility index (Phi) is 4.23. The first-order chi connectivity index (χ1) is 9.28. The van der Waals surface area contributed by atoms with Crippen molar-refractivity contribution in [3.63, 3.8) is 0 Å². The van der Waals surface area contributed by atoms with Crippen LogP contribution in [0.3, 0.4) is 0 Å². The van der Waals surface area contributed by atoms with Gasteiger partial charge in [-0.3, -0.25) is 0 Å². The Bertz CT molecular complexity index is 606. The van der Waals surface area contributed by atoms with Gasteiger partial charge in [0, 0.05) is 13.1 Å². The van der Waals surface area contributed by atoms with Crippen molar-refractivity contribution in [2.75, 3.05) is 7.05 Å². The molecule has 5 heteroatoms. The molecule has 0 radical (unpaired) electrons. The second-order valence-electron chi connectivity index (χ2n) is 5.79. The van der Waals surface area contributed by atoms with Gasteiger partial charge in [-0.2, -0.15) is 4.31 Å². The van der Waals surface area contributed by atoms with Crippen molar-refractivity contribution in [1.29, 1.82) is 0 Å². The third-order valence-corrected chi connectivity index (χ3v) is 6.47. The lowest BCUT2D eigenvalue weighted by Gasteiger charge is -2.25. The minimum Gasteiger partial charge on any atom is -0.392 e. The van der Waals surface area contributed by atoms with Crippen LogP contribution in [0, 0.1) is 19.8 Å². The van der Waals surface area contributed by atoms with E-state index in [0.29, 0.717) is 16.4 Å². The van der Waals surface area contributed by atoms with E-state index in [1.54, 1.807) is 13.1 Å². The second-order valence-corrected chi connectivity index (χ2v) is 7.76. The van der Waals surface area contributed by atoms with Gasteiger partial charge >= 0.3 is 0 Å². The van der Waals surface area contributed by atoms with Crippen LogP contribution in [0.1, 0.15) is 36.5 Å². The normalized spacial score (nSPS) is 17.5. The molecule has 1 saturated carbocycles. The van der Waals surface area contributed by atoms with Gasteiger partial charge in [0.2, 0.25) is 10.0 Å². The van der Waals surface area contributed by atoms with Crippen LogP contribution in [0.2, 0.25) is 0 Å². The second kappa shape index (κ2) is 5.47. The van der Waals surface area contributed by atoms with Crippen molar-refractivity contribution in [2.24, 2.45) is 5.92 Å². The number of hydrogen-bond acceptors (Lipinski definition) is 3. The zero-order valence-electron chi connectivity index (χ0n) is 12.5. The van der Waals surface area contributed by atoms with Gasteiger partial charge in [-0.1, -0.05) is 6.07 Å². The van der Waals surface area contributed by atoms with E-state index in [-0.39, 0.29) is 12.6 Å². The molecule has 2 rings (SSSR count). The first-order valence-electron chi connectivity index (χ1n) is 6.98. The largest absolute Gasteiger partial charge is 0.392 e. The van der Waals surface area contributed by atoms with E-state index in [2.05, 4.69) is 0 Å². The summed E-state index contributed by atoms with van der Waals surface area (Å²) in [6.45, 7) is 5.51. The summed E-state index contributed by atoms with van der Waals surface area (Å²) in [5.41, 5.74) is 2.29. The van der Waals surface area contributed by atoms with Gasteiger partial charge in [-0.15, -0.1) is 0 Å². The molecule has 0 saturated heterocycles. The number of aryl methyl sites for hydroxylation is 1. The lowest BCUT2D eigenvalue weighted by Crippen LogP contribution is -2.36. The maximum atomic E-state index is 12.8. The van der Waals surface area contributed by atoms with E-state index < -0.39 is 10.0 Å². The summed E-state index contributed by atoms with van der Waals surface area (Å²) in [5.74, 6) is 0.484. The average Bonchev–Trinajstić information content (AvgIpc) is 3.24. The first kappa shape index (κ1) is 15.5. The Hall–Kier alpha value is -0.910. The molecule has 1 aliphatic rings. The van der Waals surface area contributed by atoms with Crippen LogP contribution in [-0.4, -0.2) is 30.9 Å². The lowest BCUT2D eigenvalue weighted by atomic mass is 10.1. The van der Waals surface area contributed by atoms with E-state index in [1.807, 2.05) is 26.8 Å². The fraction of sp³-hybridized carbons (Fsp3) is 0.600. The minimum atomic E-state index is -3.51. The van der Waals surface area contributed by atoms with Crippen molar-refractivity contribution < 1.29 is 13.5 Å². The standard InChI is InChI=1S/C15H23NO3S/c1-10-7-13(9-17)8-15(11(10)2)20(18,19)16(4)12(3)14-5-6-14/h7-8,12,14,17H,5-6,9H2,1-4H3. The summed E-state index contributed by atoms with van der Waals surface area (Å²) in [5, 5.41) is 9.28. The molecule has 0 aromatic heterocycles. The molecule has 1 N–H and O–H groups in total. The molecule has 0 bridgehead atoms. The molecule has 4 nitrogen and oxygen atoms in total. The zero-order chi connectivity index (χ0) is 15.1. The van der Waals surface area contributed by atoms with Crippen molar-refractivity contribution in [1.82, 2.24) is 4.31 Å². The van der Waals surface area contributed by atoms with E-state index >= 15 is 0 Å². The van der Waals surface area contributed by atoms with Crippen molar-refractivity contribution >= 4 is 10.0 Å². The van der Waals surface area contributed by atoms with Crippen LogP contribution in [0.15, 0.2) is 17.0 Å². The maximum Gasteiger partial charge on any atom is 0.243 e. The smallest absolute Gasteiger partial charge is 0.243 e. The van der Waals surface area contributed by atoms with Crippen LogP contribution in [-0.2, 0) is 16.6 Å². The number of nitrogens with zero attached hydrogens (tertiary/aromatic N) is 1. The minimum absolute atomic E-state index is 0.0255. The van der Waals surface area contributed by atoms with Gasteiger partial charge < -0.3 is 5.11 Å². The fourth-order valence-electron chi connectivity index (χ4n) is 2.51. The first-order valence-corrected chi connectivity index (χ1v) is 8.42. The molecule has 20 heavy (non-hydrogen) atoms. The maximum absolute atomic E-state index is 12.8. The molecule has 0 spiro atoms. The van der Waals surface area contributed by atoms with Gasteiger partial charge in [0.25, 0.3) is 0 Å². The number of aliphatic hydroxyl groups is 1. The molecule has 1 aromatic rings. The molecular weight excluding hydrogens is 274 g/mol. The van der Waals surface area contributed by atoms with E-state index in [9.17, 15) is 13.5 Å². The number of rotatable bonds is 5. The molecule has 1 aromatic carbocycles. The topological polar surface area (TPSA) is 57.6 Å². The molecule has 1 unspecified atom stereocenters. The third-order valence-electron chi connectivity index (χ3n) is 4.40. The zero-order valence-corrected chi connectivity index (χ0v) is 13.4. The number of hydrogen-bond donors (Lipinski definition) is 1. The average molecular weight is 297 g/mol. The summed E-state index contributed by atoms with van der Waals surface area (Å²) < 4.78 is 27.1. The Balaban J connectivity index is 2.45. The Morgan fingerprint density at radius 2 is 1.95 bits per heavy atom. The molecular formula is C15H23NO3S. The molecule has 0 heterocycles. The molecule has 1 atom stereocenters. The number of benzene rings is 1. The number of sulfonamides is 1. The van der Waals surface area contributed by atoms with Crippen molar-refractivity contribution in [2.45, 2.75) is 51.2 Å².